The summed E-state index contributed by atoms with van der Waals surface area (Å²) in [6.45, 7) is 7.77. The van der Waals surface area contributed by atoms with Crippen LogP contribution < -0.4 is 5.32 Å². The minimum absolute atomic E-state index is 0.0545. The van der Waals surface area contributed by atoms with E-state index in [-0.39, 0.29) is 17.7 Å². The first-order valence-corrected chi connectivity index (χ1v) is 8.09. The molecular formula is C18H26N2O2. The number of likely N-dealkylation sites (tertiary alicyclic amines) is 1. The van der Waals surface area contributed by atoms with E-state index in [4.69, 9.17) is 0 Å². The molecule has 0 aliphatic carbocycles. The molecule has 0 unspecified atom stereocenters. The van der Waals surface area contributed by atoms with Crippen molar-refractivity contribution in [3.63, 3.8) is 0 Å². The van der Waals surface area contributed by atoms with E-state index in [9.17, 15) is 9.59 Å². The van der Waals surface area contributed by atoms with Crippen LogP contribution in [0.1, 0.15) is 50.7 Å². The lowest BCUT2D eigenvalue weighted by atomic mass is 9.97. The molecule has 1 saturated heterocycles. The van der Waals surface area contributed by atoms with Crippen LogP contribution in [-0.4, -0.2) is 29.8 Å². The zero-order valence-corrected chi connectivity index (χ0v) is 13.8. The smallest absolute Gasteiger partial charge is 0.225 e. The van der Waals surface area contributed by atoms with Gasteiger partial charge in [0, 0.05) is 26.6 Å². The maximum absolute atomic E-state index is 12.3. The van der Waals surface area contributed by atoms with Gasteiger partial charge in [-0.1, -0.05) is 38.1 Å². The molecule has 1 aliphatic rings. The molecule has 2 rings (SSSR count). The van der Waals surface area contributed by atoms with Crippen molar-refractivity contribution < 1.29 is 9.59 Å². The Labute approximate surface area is 132 Å². The number of hydrogen-bond acceptors (Lipinski definition) is 2. The number of nitrogens with zero attached hydrogens (tertiary/aromatic N) is 1. The van der Waals surface area contributed by atoms with E-state index in [0.717, 1.165) is 24.9 Å². The van der Waals surface area contributed by atoms with Gasteiger partial charge in [-0.25, -0.2) is 0 Å². The summed E-state index contributed by atoms with van der Waals surface area (Å²) in [6, 6.07) is 8.37. The molecule has 22 heavy (non-hydrogen) atoms. The highest BCUT2D eigenvalue weighted by Gasteiger charge is 2.26. The Morgan fingerprint density at radius 1 is 1.27 bits per heavy atom. The third kappa shape index (κ3) is 4.33. The fourth-order valence-corrected chi connectivity index (χ4v) is 2.83. The van der Waals surface area contributed by atoms with Gasteiger partial charge in [0.05, 0.1) is 5.92 Å². The van der Waals surface area contributed by atoms with Crippen LogP contribution in [0, 0.1) is 5.92 Å². The van der Waals surface area contributed by atoms with Crippen LogP contribution >= 0.6 is 0 Å². The summed E-state index contributed by atoms with van der Waals surface area (Å²) in [4.78, 5) is 25.5. The fraction of sp³-hybridized carbons (Fsp3) is 0.556. The SMILES string of the molecule is CC(=O)N1CCC[C@@H](C(=O)NCc2ccc(C(C)C)cc2)C1. The molecule has 0 bridgehead atoms. The molecule has 1 atom stereocenters. The number of hydrogen-bond donors (Lipinski definition) is 1. The summed E-state index contributed by atoms with van der Waals surface area (Å²) < 4.78 is 0. The molecule has 1 N–H and O–H groups in total. The van der Waals surface area contributed by atoms with E-state index in [2.05, 4.69) is 43.4 Å². The second kappa shape index (κ2) is 7.43. The number of benzene rings is 1. The second-order valence-electron chi connectivity index (χ2n) is 6.42. The summed E-state index contributed by atoms with van der Waals surface area (Å²) in [5, 5.41) is 3.00. The minimum Gasteiger partial charge on any atom is -0.352 e. The quantitative estimate of drug-likeness (QED) is 0.929. The lowest BCUT2D eigenvalue weighted by molar-refractivity contribution is -0.134. The van der Waals surface area contributed by atoms with Gasteiger partial charge in [-0.2, -0.15) is 0 Å². The molecule has 0 saturated carbocycles. The van der Waals surface area contributed by atoms with Crippen LogP contribution in [0.15, 0.2) is 24.3 Å². The Morgan fingerprint density at radius 3 is 2.55 bits per heavy atom. The molecule has 0 spiro atoms. The molecule has 1 aliphatic heterocycles. The van der Waals surface area contributed by atoms with Gasteiger partial charge in [0.2, 0.25) is 11.8 Å². The van der Waals surface area contributed by atoms with E-state index < -0.39 is 0 Å². The number of piperidine rings is 1. The van der Waals surface area contributed by atoms with Crippen LogP contribution in [0.3, 0.4) is 0 Å². The fourth-order valence-electron chi connectivity index (χ4n) is 2.83. The molecule has 1 heterocycles. The third-order valence-electron chi connectivity index (χ3n) is 4.35. The monoisotopic (exact) mass is 302 g/mol. The van der Waals surface area contributed by atoms with Crippen LogP contribution in [0.4, 0.5) is 0 Å². The Morgan fingerprint density at radius 2 is 1.95 bits per heavy atom. The van der Waals surface area contributed by atoms with Gasteiger partial charge >= 0.3 is 0 Å². The molecule has 4 nitrogen and oxygen atoms in total. The highest BCUT2D eigenvalue weighted by molar-refractivity contribution is 5.80. The van der Waals surface area contributed by atoms with Crippen LogP contribution in [-0.2, 0) is 16.1 Å². The molecule has 4 heteroatoms. The predicted octanol–water partition coefficient (Wildman–Crippen LogP) is 2.68. The molecule has 2 amide bonds. The minimum atomic E-state index is -0.0763. The first-order valence-electron chi connectivity index (χ1n) is 8.09. The predicted molar refractivity (Wildman–Crippen MR) is 87.4 cm³/mol. The normalized spacial score (nSPS) is 18.4. The van der Waals surface area contributed by atoms with Gasteiger partial charge < -0.3 is 10.2 Å². The van der Waals surface area contributed by atoms with Crippen molar-refractivity contribution in [2.45, 2.75) is 46.1 Å². The Bertz CT molecular complexity index is 522. The number of rotatable bonds is 4. The largest absolute Gasteiger partial charge is 0.352 e. The molecular weight excluding hydrogens is 276 g/mol. The third-order valence-corrected chi connectivity index (χ3v) is 4.35. The zero-order valence-electron chi connectivity index (χ0n) is 13.8. The van der Waals surface area contributed by atoms with Gasteiger partial charge in [-0.05, 0) is 29.9 Å². The molecule has 1 fully saturated rings. The Hall–Kier alpha value is -1.84. The van der Waals surface area contributed by atoms with Gasteiger partial charge in [-0.15, -0.1) is 0 Å². The van der Waals surface area contributed by atoms with Crippen molar-refractivity contribution in [1.29, 1.82) is 0 Å². The molecule has 0 radical (unpaired) electrons. The highest BCUT2D eigenvalue weighted by atomic mass is 16.2. The Kier molecular flexibility index (Phi) is 5.58. The van der Waals surface area contributed by atoms with E-state index in [1.165, 1.54) is 5.56 Å². The van der Waals surface area contributed by atoms with Crippen LogP contribution in [0.25, 0.3) is 0 Å². The molecule has 120 valence electrons. The van der Waals surface area contributed by atoms with E-state index >= 15 is 0 Å². The molecule has 0 aromatic heterocycles. The van der Waals surface area contributed by atoms with Gasteiger partial charge in [0.15, 0.2) is 0 Å². The number of amides is 2. The van der Waals surface area contributed by atoms with Crippen molar-refractivity contribution in [2.75, 3.05) is 13.1 Å². The zero-order chi connectivity index (χ0) is 16.1. The second-order valence-corrected chi connectivity index (χ2v) is 6.42. The number of nitrogens with one attached hydrogen (secondary N) is 1. The van der Waals surface area contributed by atoms with E-state index in [1.807, 2.05) is 0 Å². The molecule has 1 aromatic rings. The van der Waals surface area contributed by atoms with Crippen LogP contribution in [0.2, 0.25) is 0 Å². The summed E-state index contributed by atoms with van der Waals surface area (Å²) in [5.41, 5.74) is 2.41. The van der Waals surface area contributed by atoms with Crippen molar-refractivity contribution >= 4 is 11.8 Å². The lowest BCUT2D eigenvalue weighted by Crippen LogP contribution is -2.44. The number of carbonyl (C=O) groups is 2. The van der Waals surface area contributed by atoms with E-state index in [1.54, 1.807) is 11.8 Å². The first kappa shape index (κ1) is 16.5. The summed E-state index contributed by atoms with van der Waals surface area (Å²) >= 11 is 0. The summed E-state index contributed by atoms with van der Waals surface area (Å²) in [7, 11) is 0. The maximum atomic E-state index is 12.3. The van der Waals surface area contributed by atoms with Crippen molar-refractivity contribution in [3.8, 4) is 0 Å². The van der Waals surface area contributed by atoms with Crippen molar-refractivity contribution in [1.82, 2.24) is 10.2 Å². The average molecular weight is 302 g/mol. The summed E-state index contributed by atoms with van der Waals surface area (Å²) in [6.07, 6.45) is 1.77. The van der Waals surface area contributed by atoms with E-state index in [0.29, 0.717) is 19.0 Å². The lowest BCUT2D eigenvalue weighted by Gasteiger charge is -2.31. The first-order chi connectivity index (χ1) is 10.5. The van der Waals surface area contributed by atoms with Gasteiger partial charge in [0.25, 0.3) is 0 Å². The maximum Gasteiger partial charge on any atom is 0.225 e. The van der Waals surface area contributed by atoms with Gasteiger partial charge in [0.1, 0.15) is 0 Å². The van der Waals surface area contributed by atoms with Crippen molar-refractivity contribution in [3.05, 3.63) is 35.4 Å². The highest BCUT2D eigenvalue weighted by Crippen LogP contribution is 2.17. The van der Waals surface area contributed by atoms with Gasteiger partial charge in [-0.3, -0.25) is 9.59 Å². The summed E-state index contributed by atoms with van der Waals surface area (Å²) in [5.74, 6) is 0.552. The topological polar surface area (TPSA) is 49.4 Å². The average Bonchev–Trinajstić information content (AvgIpc) is 2.53. The standard InChI is InChI=1S/C18H26N2O2/c1-13(2)16-8-6-15(7-9-16)11-19-18(22)17-5-4-10-20(12-17)14(3)21/h6-9,13,17H,4-5,10-12H2,1-3H3,(H,19,22)/t17-/m1/s1. The van der Waals surface area contributed by atoms with Crippen LogP contribution in [0.5, 0.6) is 0 Å². The number of carbonyl (C=O) groups excluding carboxylic acids is 2. The Balaban J connectivity index is 1.85. The van der Waals surface area contributed by atoms with Crippen molar-refractivity contribution in [2.24, 2.45) is 5.92 Å². The molecule has 1 aromatic carbocycles.